The summed E-state index contributed by atoms with van der Waals surface area (Å²) in [6.07, 6.45) is 1.18. The summed E-state index contributed by atoms with van der Waals surface area (Å²) in [6, 6.07) is 3.58. The minimum atomic E-state index is -3.14. The van der Waals surface area contributed by atoms with Crippen LogP contribution in [0.3, 0.4) is 0 Å². The molecule has 5 nitrogen and oxygen atoms in total. The van der Waals surface area contributed by atoms with Crippen LogP contribution in [0, 0.1) is 0 Å². The number of sulfone groups is 1. The van der Waals surface area contributed by atoms with E-state index < -0.39 is 9.84 Å². The molecule has 1 saturated heterocycles. The maximum Gasteiger partial charge on any atom is 0.160 e. The van der Waals surface area contributed by atoms with E-state index in [1.165, 1.54) is 0 Å². The molecule has 1 aromatic heterocycles. The van der Waals surface area contributed by atoms with Gasteiger partial charge in [0.1, 0.15) is 17.3 Å². The van der Waals surface area contributed by atoms with Crippen LogP contribution in [0.1, 0.15) is 31.3 Å². The van der Waals surface area contributed by atoms with Gasteiger partial charge in [-0.2, -0.15) is 0 Å². The van der Waals surface area contributed by atoms with Gasteiger partial charge in [-0.25, -0.2) is 8.42 Å². The molecule has 1 N–H and O–H groups in total. The molecule has 2 rings (SSSR count). The van der Waals surface area contributed by atoms with Crippen LogP contribution in [0.4, 0.5) is 0 Å². The average molecular weight is 287 g/mol. The van der Waals surface area contributed by atoms with E-state index >= 15 is 0 Å². The highest BCUT2D eigenvalue weighted by Crippen LogP contribution is 2.21. The van der Waals surface area contributed by atoms with Gasteiger partial charge in [0.15, 0.2) is 9.84 Å². The SMILES string of the molecule is CCNCc1ccc(CS(=O)(=O)C2CCOCC2)o1. The Morgan fingerprint density at radius 3 is 2.63 bits per heavy atom. The van der Waals surface area contributed by atoms with E-state index in [2.05, 4.69) is 5.32 Å². The van der Waals surface area contributed by atoms with Gasteiger partial charge >= 0.3 is 0 Å². The van der Waals surface area contributed by atoms with Gasteiger partial charge in [0.05, 0.1) is 11.8 Å². The molecule has 0 atom stereocenters. The number of rotatable bonds is 6. The molecule has 1 aliphatic rings. The van der Waals surface area contributed by atoms with Crippen molar-refractivity contribution in [3.63, 3.8) is 0 Å². The molecule has 0 radical (unpaired) electrons. The predicted molar refractivity (Wildman–Crippen MR) is 72.6 cm³/mol. The molecule has 1 aliphatic heterocycles. The number of furan rings is 1. The van der Waals surface area contributed by atoms with Crippen LogP contribution in [0.25, 0.3) is 0 Å². The second kappa shape index (κ2) is 6.54. The first kappa shape index (κ1) is 14.6. The Labute approximate surface area is 114 Å². The first-order valence-electron chi connectivity index (χ1n) is 6.69. The predicted octanol–water partition coefficient (Wildman–Crippen LogP) is 1.48. The molecule has 0 saturated carbocycles. The quantitative estimate of drug-likeness (QED) is 0.858. The minimum absolute atomic E-state index is 0.0101. The smallest absolute Gasteiger partial charge is 0.160 e. The van der Waals surface area contributed by atoms with Gasteiger partial charge < -0.3 is 14.5 Å². The normalized spacial score (nSPS) is 17.7. The van der Waals surface area contributed by atoms with Crippen LogP contribution < -0.4 is 5.32 Å². The standard InChI is InChI=1S/C13H21NO4S/c1-2-14-9-11-3-4-12(18-11)10-19(15,16)13-5-7-17-8-6-13/h3-4,13-14H,2,5-10H2,1H3. The summed E-state index contributed by atoms with van der Waals surface area (Å²) in [4.78, 5) is 0. The van der Waals surface area contributed by atoms with Crippen LogP contribution in [0.15, 0.2) is 16.5 Å². The van der Waals surface area contributed by atoms with Crippen molar-refractivity contribution in [1.29, 1.82) is 0 Å². The first-order chi connectivity index (χ1) is 9.12. The third kappa shape index (κ3) is 4.06. The van der Waals surface area contributed by atoms with E-state index in [0.29, 0.717) is 38.4 Å². The zero-order chi connectivity index (χ0) is 13.7. The van der Waals surface area contributed by atoms with Gasteiger partial charge in [0, 0.05) is 13.2 Å². The minimum Gasteiger partial charge on any atom is -0.464 e. The number of hydrogen-bond acceptors (Lipinski definition) is 5. The molecule has 0 unspecified atom stereocenters. The molecule has 0 aliphatic carbocycles. The lowest BCUT2D eigenvalue weighted by Crippen LogP contribution is -2.29. The Bertz CT molecular complexity index is 488. The molecule has 1 aromatic rings. The van der Waals surface area contributed by atoms with Crippen molar-refractivity contribution < 1.29 is 17.6 Å². The molecule has 6 heteroatoms. The summed E-state index contributed by atoms with van der Waals surface area (Å²) in [5, 5.41) is 2.86. The van der Waals surface area contributed by atoms with Crippen molar-refractivity contribution in [3.05, 3.63) is 23.7 Å². The second-order valence-electron chi connectivity index (χ2n) is 4.77. The van der Waals surface area contributed by atoms with Gasteiger partial charge in [-0.1, -0.05) is 6.92 Å². The maximum atomic E-state index is 12.2. The molecule has 1 fully saturated rings. The zero-order valence-corrected chi connectivity index (χ0v) is 12.0. The molecule has 0 spiro atoms. The van der Waals surface area contributed by atoms with Gasteiger partial charge in [-0.15, -0.1) is 0 Å². The Morgan fingerprint density at radius 2 is 1.95 bits per heavy atom. The Hall–Kier alpha value is -0.850. The van der Waals surface area contributed by atoms with Gasteiger partial charge in [0.2, 0.25) is 0 Å². The van der Waals surface area contributed by atoms with E-state index in [9.17, 15) is 8.42 Å². The van der Waals surface area contributed by atoms with E-state index in [1.54, 1.807) is 6.07 Å². The molecular weight excluding hydrogens is 266 g/mol. The molecule has 2 heterocycles. The lowest BCUT2D eigenvalue weighted by atomic mass is 10.2. The zero-order valence-electron chi connectivity index (χ0n) is 11.2. The molecule has 19 heavy (non-hydrogen) atoms. The lowest BCUT2D eigenvalue weighted by molar-refractivity contribution is 0.0983. The Morgan fingerprint density at radius 1 is 1.26 bits per heavy atom. The molecule has 0 bridgehead atoms. The fraction of sp³-hybridized carbons (Fsp3) is 0.692. The Balaban J connectivity index is 1.97. The van der Waals surface area contributed by atoms with Crippen LogP contribution in [-0.2, 0) is 26.9 Å². The first-order valence-corrected chi connectivity index (χ1v) is 8.41. The van der Waals surface area contributed by atoms with E-state index in [1.807, 2.05) is 13.0 Å². The third-order valence-electron chi connectivity index (χ3n) is 3.29. The number of hydrogen-bond donors (Lipinski definition) is 1. The van der Waals surface area contributed by atoms with Crippen LogP contribution >= 0.6 is 0 Å². The highest BCUT2D eigenvalue weighted by atomic mass is 32.2. The van der Waals surface area contributed by atoms with Crippen molar-refractivity contribution in [2.24, 2.45) is 0 Å². The van der Waals surface area contributed by atoms with E-state index in [4.69, 9.17) is 9.15 Å². The topological polar surface area (TPSA) is 68.5 Å². The van der Waals surface area contributed by atoms with Crippen molar-refractivity contribution in [1.82, 2.24) is 5.32 Å². The summed E-state index contributed by atoms with van der Waals surface area (Å²) >= 11 is 0. The summed E-state index contributed by atoms with van der Waals surface area (Å²) in [7, 11) is -3.14. The van der Waals surface area contributed by atoms with E-state index in [-0.39, 0.29) is 11.0 Å². The number of nitrogens with one attached hydrogen (secondary N) is 1. The molecule has 0 amide bonds. The average Bonchev–Trinajstić information content (AvgIpc) is 2.84. The van der Waals surface area contributed by atoms with E-state index in [0.717, 1.165) is 12.3 Å². The fourth-order valence-corrected chi connectivity index (χ4v) is 3.89. The monoisotopic (exact) mass is 287 g/mol. The highest BCUT2D eigenvalue weighted by molar-refractivity contribution is 7.91. The van der Waals surface area contributed by atoms with Crippen molar-refractivity contribution in [3.8, 4) is 0 Å². The lowest BCUT2D eigenvalue weighted by Gasteiger charge is -2.21. The Kier molecular flexibility index (Phi) is 5.01. The molecule has 108 valence electrons. The summed E-state index contributed by atoms with van der Waals surface area (Å²) in [5.74, 6) is 1.29. The molecule has 0 aromatic carbocycles. The largest absolute Gasteiger partial charge is 0.464 e. The summed E-state index contributed by atoms with van der Waals surface area (Å²) < 4.78 is 35.2. The van der Waals surface area contributed by atoms with Gasteiger partial charge in [-0.3, -0.25) is 0 Å². The number of ether oxygens (including phenoxy) is 1. The van der Waals surface area contributed by atoms with Crippen molar-refractivity contribution >= 4 is 9.84 Å². The van der Waals surface area contributed by atoms with Gasteiger partial charge in [-0.05, 0) is 31.5 Å². The third-order valence-corrected chi connectivity index (χ3v) is 5.46. The highest BCUT2D eigenvalue weighted by Gasteiger charge is 2.28. The maximum absolute atomic E-state index is 12.2. The van der Waals surface area contributed by atoms with Crippen LogP contribution in [0.2, 0.25) is 0 Å². The van der Waals surface area contributed by atoms with Crippen LogP contribution in [-0.4, -0.2) is 33.4 Å². The van der Waals surface area contributed by atoms with Gasteiger partial charge in [0.25, 0.3) is 0 Å². The molecular formula is C13H21NO4S. The van der Waals surface area contributed by atoms with Crippen LogP contribution in [0.5, 0.6) is 0 Å². The summed E-state index contributed by atoms with van der Waals surface area (Å²) in [5.41, 5.74) is 0. The van der Waals surface area contributed by atoms with Crippen molar-refractivity contribution in [2.75, 3.05) is 19.8 Å². The van der Waals surface area contributed by atoms with Crippen molar-refractivity contribution in [2.45, 2.75) is 37.3 Å². The fourth-order valence-electron chi connectivity index (χ4n) is 2.19. The second-order valence-corrected chi connectivity index (χ2v) is 7.05. The summed E-state index contributed by atoms with van der Waals surface area (Å²) in [6.45, 7) is 4.57.